The summed E-state index contributed by atoms with van der Waals surface area (Å²) >= 11 is 6.37. The molecular formula is C21H27ClO4. The lowest BCUT2D eigenvalue weighted by atomic mass is 10.1. The summed E-state index contributed by atoms with van der Waals surface area (Å²) in [6.07, 6.45) is 7.25. The molecule has 3 unspecified atom stereocenters. The number of hydrogen-bond acceptors (Lipinski definition) is 4. The van der Waals surface area contributed by atoms with Gasteiger partial charge in [0.05, 0.1) is 5.38 Å². The van der Waals surface area contributed by atoms with Gasteiger partial charge in [-0.1, -0.05) is 31.4 Å². The summed E-state index contributed by atoms with van der Waals surface area (Å²) < 4.78 is 10.2. The van der Waals surface area contributed by atoms with E-state index in [-0.39, 0.29) is 11.3 Å². The van der Waals surface area contributed by atoms with Crippen LogP contribution in [0.2, 0.25) is 0 Å². The van der Waals surface area contributed by atoms with Gasteiger partial charge in [0, 0.05) is 20.3 Å². The second kappa shape index (κ2) is 15.1. The number of esters is 2. The van der Waals surface area contributed by atoms with Crippen molar-refractivity contribution in [3.8, 4) is 23.7 Å². The number of allylic oxidation sites excluding steroid dienone is 1. The van der Waals surface area contributed by atoms with Crippen LogP contribution < -0.4 is 0 Å². The molecule has 0 saturated carbocycles. The third kappa shape index (κ3) is 13.2. The number of alkyl halides is 1. The minimum Gasteiger partial charge on any atom is -0.460 e. The highest BCUT2D eigenvalue weighted by Crippen LogP contribution is 2.18. The number of unbranched alkanes of at least 4 members (excludes halogenated alkanes) is 3. The number of ether oxygens (including phenoxy) is 2. The van der Waals surface area contributed by atoms with E-state index in [9.17, 15) is 9.59 Å². The molecule has 0 saturated heterocycles. The maximum atomic E-state index is 11.3. The van der Waals surface area contributed by atoms with Crippen molar-refractivity contribution < 1.29 is 19.1 Å². The van der Waals surface area contributed by atoms with Gasteiger partial charge >= 0.3 is 11.9 Å². The van der Waals surface area contributed by atoms with Crippen LogP contribution in [0.4, 0.5) is 0 Å². The van der Waals surface area contributed by atoms with Crippen LogP contribution >= 0.6 is 11.6 Å². The average Bonchev–Trinajstić information content (AvgIpc) is 2.58. The molecule has 0 aromatic carbocycles. The predicted molar refractivity (Wildman–Crippen MR) is 104 cm³/mol. The monoisotopic (exact) mass is 378 g/mol. The van der Waals surface area contributed by atoms with Gasteiger partial charge in [0.15, 0.2) is 6.10 Å². The second-order valence-electron chi connectivity index (χ2n) is 5.63. The lowest BCUT2D eigenvalue weighted by Crippen LogP contribution is -2.26. The molecule has 0 aliphatic rings. The smallest absolute Gasteiger partial charge is 0.304 e. The van der Waals surface area contributed by atoms with Crippen molar-refractivity contribution in [3.05, 3.63) is 25.3 Å². The Kier molecular flexibility index (Phi) is 13.9. The van der Waals surface area contributed by atoms with Crippen molar-refractivity contribution in [1.29, 1.82) is 0 Å². The van der Waals surface area contributed by atoms with Gasteiger partial charge in [-0.05, 0) is 43.1 Å². The van der Waals surface area contributed by atoms with E-state index in [4.69, 9.17) is 21.1 Å². The number of hydrogen-bond donors (Lipinski definition) is 0. The molecule has 0 aliphatic carbocycles. The van der Waals surface area contributed by atoms with E-state index in [1.54, 1.807) is 0 Å². The Morgan fingerprint density at radius 1 is 1.08 bits per heavy atom. The summed E-state index contributed by atoms with van der Waals surface area (Å²) in [7, 11) is 0. The largest absolute Gasteiger partial charge is 0.460 e. The summed E-state index contributed by atoms with van der Waals surface area (Å²) in [6, 6.07) is 0. The number of carbonyl (C=O) groups is 2. The second-order valence-corrected chi connectivity index (χ2v) is 6.19. The predicted octanol–water partition coefficient (Wildman–Crippen LogP) is 4.18. The third-order valence-electron chi connectivity index (χ3n) is 3.28. The van der Waals surface area contributed by atoms with E-state index in [1.807, 2.05) is 6.08 Å². The van der Waals surface area contributed by atoms with Gasteiger partial charge in [0.2, 0.25) is 0 Å². The lowest BCUT2D eigenvalue weighted by Gasteiger charge is -2.20. The highest BCUT2D eigenvalue weighted by atomic mass is 35.5. The van der Waals surface area contributed by atoms with Gasteiger partial charge in [-0.2, -0.15) is 0 Å². The molecule has 142 valence electrons. The normalized spacial score (nSPS) is 12.9. The van der Waals surface area contributed by atoms with E-state index in [1.165, 1.54) is 19.9 Å². The summed E-state index contributed by atoms with van der Waals surface area (Å²) in [4.78, 5) is 22.1. The molecule has 0 amide bonds. The van der Waals surface area contributed by atoms with Gasteiger partial charge in [0.25, 0.3) is 0 Å². The third-order valence-corrected chi connectivity index (χ3v) is 3.78. The van der Waals surface area contributed by atoms with Crippen molar-refractivity contribution in [2.75, 3.05) is 0 Å². The van der Waals surface area contributed by atoms with Gasteiger partial charge < -0.3 is 9.47 Å². The first-order valence-corrected chi connectivity index (χ1v) is 9.04. The lowest BCUT2D eigenvalue weighted by molar-refractivity contribution is -0.146. The van der Waals surface area contributed by atoms with Gasteiger partial charge in [-0.15, -0.1) is 18.2 Å². The Hall–Kier alpha value is -2.17. The zero-order valence-corrected chi connectivity index (χ0v) is 16.3. The zero-order chi connectivity index (χ0) is 19.8. The molecule has 3 atom stereocenters. The molecular weight excluding hydrogens is 352 g/mol. The molecule has 0 fully saturated rings. The molecule has 0 radical (unpaired) electrons. The maximum absolute atomic E-state index is 11.3. The quantitative estimate of drug-likeness (QED) is 0.178. The Morgan fingerprint density at radius 2 is 1.77 bits per heavy atom. The van der Waals surface area contributed by atoms with E-state index >= 15 is 0 Å². The van der Waals surface area contributed by atoms with Gasteiger partial charge in [-0.3, -0.25) is 9.59 Å². The average molecular weight is 379 g/mol. The first-order chi connectivity index (χ1) is 12.4. The SMILES string of the molecule is C=CCCCCCC(Cl)C(CC#CC#CC(C=C)OC(C)=O)OC(C)=O. The number of rotatable bonds is 11. The Morgan fingerprint density at radius 3 is 2.35 bits per heavy atom. The van der Waals surface area contributed by atoms with E-state index < -0.39 is 18.2 Å². The van der Waals surface area contributed by atoms with Crippen molar-refractivity contribution in [2.45, 2.75) is 70.0 Å². The van der Waals surface area contributed by atoms with Crippen molar-refractivity contribution in [1.82, 2.24) is 0 Å². The van der Waals surface area contributed by atoms with E-state index in [2.05, 4.69) is 36.8 Å². The van der Waals surface area contributed by atoms with Crippen LogP contribution in [-0.4, -0.2) is 29.5 Å². The van der Waals surface area contributed by atoms with Crippen LogP contribution in [0.3, 0.4) is 0 Å². The highest BCUT2D eigenvalue weighted by molar-refractivity contribution is 6.21. The van der Waals surface area contributed by atoms with Crippen LogP contribution in [0.5, 0.6) is 0 Å². The summed E-state index contributed by atoms with van der Waals surface area (Å²) in [5.41, 5.74) is 0. The molecule has 0 aromatic rings. The topological polar surface area (TPSA) is 52.6 Å². The molecule has 0 aromatic heterocycles. The fourth-order valence-corrected chi connectivity index (χ4v) is 2.36. The first kappa shape index (κ1) is 23.8. The fourth-order valence-electron chi connectivity index (χ4n) is 2.07. The molecule has 0 spiro atoms. The summed E-state index contributed by atoms with van der Waals surface area (Å²) in [5, 5.41) is -0.299. The van der Waals surface area contributed by atoms with Crippen LogP contribution in [0, 0.1) is 23.7 Å². The summed E-state index contributed by atoms with van der Waals surface area (Å²) in [5.74, 6) is 9.94. The van der Waals surface area contributed by atoms with Crippen LogP contribution in [-0.2, 0) is 19.1 Å². The van der Waals surface area contributed by atoms with Gasteiger partial charge in [0.1, 0.15) is 6.10 Å². The van der Waals surface area contributed by atoms with Crippen LogP contribution in [0.15, 0.2) is 25.3 Å². The van der Waals surface area contributed by atoms with Gasteiger partial charge in [-0.25, -0.2) is 0 Å². The Labute approximate surface area is 162 Å². The fraction of sp³-hybridized carbons (Fsp3) is 0.524. The van der Waals surface area contributed by atoms with Crippen molar-refractivity contribution in [2.24, 2.45) is 0 Å². The first-order valence-electron chi connectivity index (χ1n) is 8.61. The molecule has 0 heterocycles. The number of halogens is 1. The maximum Gasteiger partial charge on any atom is 0.304 e. The van der Waals surface area contributed by atoms with Crippen molar-refractivity contribution >= 4 is 23.5 Å². The minimum atomic E-state index is -0.692. The molecule has 0 bridgehead atoms. The van der Waals surface area contributed by atoms with E-state index in [0.29, 0.717) is 6.42 Å². The molecule has 5 heteroatoms. The summed E-state index contributed by atoms with van der Waals surface area (Å²) in [6.45, 7) is 9.88. The van der Waals surface area contributed by atoms with Crippen LogP contribution in [0.25, 0.3) is 0 Å². The molecule has 0 aliphatic heterocycles. The highest BCUT2D eigenvalue weighted by Gasteiger charge is 2.21. The van der Waals surface area contributed by atoms with Crippen molar-refractivity contribution in [3.63, 3.8) is 0 Å². The molecule has 4 nitrogen and oxygen atoms in total. The Bertz CT molecular complexity index is 589. The number of carbonyl (C=O) groups excluding carboxylic acids is 2. The van der Waals surface area contributed by atoms with E-state index in [0.717, 1.165) is 32.1 Å². The standard InChI is InChI=1S/C21H27ClO4/c1-5-7-8-9-12-15-20(22)21(26-18(4)24)16-13-10-11-14-19(6-2)25-17(3)23/h5-6,19-21H,1-2,7-9,12,15-16H2,3-4H3. The minimum absolute atomic E-state index is 0.293. The molecule has 0 N–H and O–H groups in total. The molecule has 0 rings (SSSR count). The van der Waals surface area contributed by atoms with Crippen LogP contribution in [0.1, 0.15) is 52.4 Å². The molecule has 26 heavy (non-hydrogen) atoms. The zero-order valence-electron chi connectivity index (χ0n) is 15.6. The Balaban J connectivity index is 4.59.